The molecular weight excluding hydrogens is 272 g/mol. The minimum absolute atomic E-state index is 0.185. The quantitative estimate of drug-likeness (QED) is 0.857. The van der Waals surface area contributed by atoms with Gasteiger partial charge in [0.15, 0.2) is 0 Å². The van der Waals surface area contributed by atoms with Gasteiger partial charge in [0.2, 0.25) is 5.91 Å². The summed E-state index contributed by atoms with van der Waals surface area (Å²) in [6.45, 7) is 4.07. The number of nitrogens with one attached hydrogen (secondary N) is 1. The average Bonchev–Trinajstić information content (AvgIpc) is 2.92. The molecule has 2 heterocycles. The maximum atomic E-state index is 12.8. The van der Waals surface area contributed by atoms with Crippen LogP contribution < -0.4 is 0 Å². The fraction of sp³-hybridized carbons (Fsp3) is 0.526. The van der Waals surface area contributed by atoms with Crippen molar-refractivity contribution in [2.45, 2.75) is 45.4 Å². The first kappa shape index (κ1) is 13.9. The topological polar surface area (TPSA) is 36.1 Å². The lowest BCUT2D eigenvalue weighted by Gasteiger charge is -2.32. The van der Waals surface area contributed by atoms with E-state index in [9.17, 15) is 4.79 Å². The second kappa shape index (κ2) is 5.45. The predicted molar refractivity (Wildman–Crippen MR) is 89.0 cm³/mol. The number of nitrogens with zero attached hydrogens (tertiary/aromatic N) is 1. The Bertz CT molecular complexity index is 710. The molecule has 0 bridgehead atoms. The lowest BCUT2D eigenvalue weighted by atomic mass is 9.85. The van der Waals surface area contributed by atoms with Gasteiger partial charge in [0.25, 0.3) is 0 Å². The van der Waals surface area contributed by atoms with Gasteiger partial charge in [-0.25, -0.2) is 0 Å². The van der Waals surface area contributed by atoms with Crippen molar-refractivity contribution in [1.82, 2.24) is 9.88 Å². The van der Waals surface area contributed by atoms with Crippen molar-refractivity contribution in [3.63, 3.8) is 0 Å². The molecule has 3 heteroatoms. The zero-order chi connectivity index (χ0) is 15.1. The van der Waals surface area contributed by atoms with Crippen LogP contribution in [0.5, 0.6) is 0 Å². The summed E-state index contributed by atoms with van der Waals surface area (Å²) in [6, 6.07) is 6.59. The van der Waals surface area contributed by atoms with E-state index in [1.807, 2.05) is 0 Å². The van der Waals surface area contributed by atoms with E-state index >= 15 is 0 Å². The number of fused-ring (bicyclic) bond motifs is 3. The summed E-state index contributed by atoms with van der Waals surface area (Å²) in [4.78, 5) is 18.5. The highest BCUT2D eigenvalue weighted by atomic mass is 16.2. The molecule has 1 atom stereocenters. The van der Waals surface area contributed by atoms with Crippen LogP contribution in [0.3, 0.4) is 0 Å². The number of hydrogen-bond donors (Lipinski definition) is 1. The van der Waals surface area contributed by atoms with E-state index in [1.54, 1.807) is 0 Å². The van der Waals surface area contributed by atoms with Gasteiger partial charge in [-0.2, -0.15) is 0 Å². The summed E-state index contributed by atoms with van der Waals surface area (Å²) in [7, 11) is 0. The highest BCUT2D eigenvalue weighted by Gasteiger charge is 2.30. The van der Waals surface area contributed by atoms with Gasteiger partial charge in [0.05, 0.1) is 0 Å². The van der Waals surface area contributed by atoms with Crippen LogP contribution in [0.15, 0.2) is 18.2 Å². The summed E-state index contributed by atoms with van der Waals surface area (Å²) < 4.78 is 0. The van der Waals surface area contributed by atoms with E-state index < -0.39 is 0 Å². The number of carbonyl (C=O) groups is 1. The number of piperidine rings is 1. The summed E-state index contributed by atoms with van der Waals surface area (Å²) in [6.07, 6.45) is 6.54. The van der Waals surface area contributed by atoms with E-state index in [4.69, 9.17) is 0 Å². The lowest BCUT2D eigenvalue weighted by molar-refractivity contribution is -0.136. The predicted octanol–water partition coefficient (Wildman–Crippen LogP) is 3.59. The molecule has 0 saturated carbocycles. The average molecular weight is 296 g/mol. The molecule has 1 saturated heterocycles. The van der Waals surface area contributed by atoms with Gasteiger partial charge in [-0.15, -0.1) is 0 Å². The van der Waals surface area contributed by atoms with Crippen molar-refractivity contribution in [2.75, 3.05) is 13.1 Å². The van der Waals surface area contributed by atoms with Gasteiger partial charge in [0.1, 0.15) is 0 Å². The number of aromatic amines is 1. The third kappa shape index (κ3) is 2.33. The Morgan fingerprint density at radius 1 is 1.23 bits per heavy atom. The van der Waals surface area contributed by atoms with Crippen molar-refractivity contribution < 1.29 is 4.79 Å². The Labute approximate surface area is 131 Å². The molecule has 1 fully saturated rings. The van der Waals surface area contributed by atoms with Crippen LogP contribution in [-0.2, 0) is 17.6 Å². The number of H-pyrrole nitrogens is 1. The highest BCUT2D eigenvalue weighted by molar-refractivity contribution is 5.87. The van der Waals surface area contributed by atoms with E-state index in [1.165, 1.54) is 47.0 Å². The fourth-order valence-corrected chi connectivity index (χ4v) is 4.11. The molecule has 4 rings (SSSR count). The van der Waals surface area contributed by atoms with E-state index in [0.29, 0.717) is 5.91 Å². The largest absolute Gasteiger partial charge is 0.358 e. The molecule has 116 valence electrons. The van der Waals surface area contributed by atoms with Gasteiger partial charge in [-0.05, 0) is 63.1 Å². The Balaban J connectivity index is 1.61. The van der Waals surface area contributed by atoms with Crippen molar-refractivity contribution in [1.29, 1.82) is 0 Å². The van der Waals surface area contributed by atoms with Gasteiger partial charge < -0.3 is 9.88 Å². The van der Waals surface area contributed by atoms with Crippen LogP contribution in [0.1, 0.15) is 42.5 Å². The molecule has 1 unspecified atom stereocenters. The molecule has 0 spiro atoms. The highest BCUT2D eigenvalue weighted by Crippen LogP contribution is 2.33. The summed E-state index contributed by atoms with van der Waals surface area (Å²) in [5.74, 6) is 0.581. The number of amides is 1. The van der Waals surface area contributed by atoms with Crippen LogP contribution in [0.2, 0.25) is 0 Å². The van der Waals surface area contributed by atoms with Crippen molar-refractivity contribution in [2.24, 2.45) is 5.92 Å². The zero-order valence-corrected chi connectivity index (χ0v) is 13.3. The summed E-state index contributed by atoms with van der Waals surface area (Å²) in [5, 5.41) is 1.33. The van der Waals surface area contributed by atoms with Crippen LogP contribution in [0.4, 0.5) is 0 Å². The smallest absolute Gasteiger partial charge is 0.226 e. The first-order valence-corrected chi connectivity index (χ1v) is 8.61. The molecule has 1 aliphatic carbocycles. The number of carbonyl (C=O) groups excluding carboxylic acids is 1. The van der Waals surface area contributed by atoms with E-state index in [0.717, 1.165) is 32.4 Å². The number of rotatable bonds is 1. The van der Waals surface area contributed by atoms with Crippen LogP contribution >= 0.6 is 0 Å². The maximum absolute atomic E-state index is 12.8. The van der Waals surface area contributed by atoms with Crippen LogP contribution in [0.25, 0.3) is 10.9 Å². The lowest BCUT2D eigenvalue weighted by Crippen LogP contribution is -2.41. The minimum atomic E-state index is 0.185. The van der Waals surface area contributed by atoms with Crippen molar-refractivity contribution >= 4 is 16.8 Å². The SMILES string of the molecule is Cc1ccc2[nH]c3c(c2c1)CC(C(=O)N1CCCCC1)CC3. The summed E-state index contributed by atoms with van der Waals surface area (Å²) in [5.41, 5.74) is 5.25. The molecule has 0 radical (unpaired) electrons. The van der Waals surface area contributed by atoms with E-state index in [2.05, 4.69) is 35.0 Å². The fourth-order valence-electron chi connectivity index (χ4n) is 4.11. The Kier molecular flexibility index (Phi) is 3.44. The molecule has 1 N–H and O–H groups in total. The Morgan fingerprint density at radius 2 is 2.05 bits per heavy atom. The first-order chi connectivity index (χ1) is 10.7. The standard InChI is InChI=1S/C19H24N2O/c1-13-5-7-17-15(11-13)16-12-14(6-8-18(16)20-17)19(22)21-9-3-2-4-10-21/h5,7,11,14,20H,2-4,6,8-10,12H2,1H3. The number of aromatic nitrogens is 1. The first-order valence-electron chi connectivity index (χ1n) is 8.61. The second-order valence-electron chi connectivity index (χ2n) is 6.96. The third-order valence-corrected chi connectivity index (χ3v) is 5.36. The molecule has 2 aromatic rings. The van der Waals surface area contributed by atoms with Gasteiger partial charge in [-0.1, -0.05) is 11.6 Å². The number of hydrogen-bond acceptors (Lipinski definition) is 1. The van der Waals surface area contributed by atoms with Crippen molar-refractivity contribution in [3.8, 4) is 0 Å². The molecule has 1 aliphatic heterocycles. The second-order valence-corrected chi connectivity index (χ2v) is 6.96. The van der Waals surface area contributed by atoms with Crippen LogP contribution in [0, 0.1) is 12.8 Å². The molecule has 2 aliphatic rings. The minimum Gasteiger partial charge on any atom is -0.358 e. The monoisotopic (exact) mass is 296 g/mol. The van der Waals surface area contributed by atoms with Crippen LogP contribution in [-0.4, -0.2) is 28.9 Å². The molecule has 22 heavy (non-hydrogen) atoms. The van der Waals surface area contributed by atoms with Crippen molar-refractivity contribution in [3.05, 3.63) is 35.0 Å². The number of likely N-dealkylation sites (tertiary alicyclic amines) is 1. The summed E-state index contributed by atoms with van der Waals surface area (Å²) >= 11 is 0. The van der Waals surface area contributed by atoms with Gasteiger partial charge >= 0.3 is 0 Å². The zero-order valence-electron chi connectivity index (χ0n) is 13.3. The van der Waals surface area contributed by atoms with Gasteiger partial charge in [-0.3, -0.25) is 4.79 Å². The number of aryl methyl sites for hydroxylation is 2. The molecule has 1 aromatic carbocycles. The van der Waals surface area contributed by atoms with Gasteiger partial charge in [0, 0.05) is 35.6 Å². The molecule has 1 aromatic heterocycles. The number of benzene rings is 1. The normalized spacial score (nSPS) is 21.9. The molecule has 1 amide bonds. The van der Waals surface area contributed by atoms with E-state index in [-0.39, 0.29) is 5.92 Å². The molecular formula is C19H24N2O. The molecule has 3 nitrogen and oxygen atoms in total. The Morgan fingerprint density at radius 3 is 2.86 bits per heavy atom. The third-order valence-electron chi connectivity index (χ3n) is 5.36. The maximum Gasteiger partial charge on any atom is 0.226 e. The Hall–Kier alpha value is -1.77.